The van der Waals surface area contributed by atoms with Gasteiger partial charge in [0.1, 0.15) is 11.5 Å². The van der Waals surface area contributed by atoms with Gasteiger partial charge in [-0.25, -0.2) is 0 Å². The third-order valence-corrected chi connectivity index (χ3v) is 6.62. The van der Waals surface area contributed by atoms with Crippen LogP contribution in [-0.2, 0) is 9.59 Å². The average Bonchev–Trinajstić information content (AvgIpc) is 3.11. The molecule has 3 aromatic carbocycles. The Balaban J connectivity index is 1.23. The van der Waals surface area contributed by atoms with Crippen LogP contribution in [0.15, 0.2) is 84.4 Å². The minimum atomic E-state index is -0.296. The number of carbonyl (C=O) groups excluding carboxylic acids is 3. The Morgan fingerprint density at radius 2 is 1.49 bits per heavy atom. The number of anilines is 2. The molecule has 0 spiro atoms. The molecule has 0 unspecified atom stereocenters. The van der Waals surface area contributed by atoms with Gasteiger partial charge in [0, 0.05) is 16.3 Å². The lowest BCUT2D eigenvalue weighted by Gasteiger charge is -2.18. The van der Waals surface area contributed by atoms with Crippen molar-refractivity contribution in [1.82, 2.24) is 0 Å². The Morgan fingerprint density at radius 3 is 2.14 bits per heavy atom. The van der Waals surface area contributed by atoms with Crippen molar-refractivity contribution < 1.29 is 19.1 Å². The Kier molecular flexibility index (Phi) is 6.14. The quantitative estimate of drug-likeness (QED) is 0.342. The van der Waals surface area contributed by atoms with Crippen LogP contribution in [0.3, 0.4) is 0 Å². The van der Waals surface area contributed by atoms with Crippen molar-refractivity contribution in [2.24, 2.45) is 11.8 Å². The van der Waals surface area contributed by atoms with Crippen molar-refractivity contribution >= 4 is 40.7 Å². The number of allylic oxidation sites excluding steroid dienone is 2. The molecule has 6 nitrogen and oxygen atoms in total. The molecule has 0 saturated carbocycles. The molecule has 1 fully saturated rings. The Bertz CT molecular complexity index is 1310. The zero-order chi connectivity index (χ0) is 24.5. The molecule has 1 saturated heterocycles. The summed E-state index contributed by atoms with van der Waals surface area (Å²) in [5.41, 5.74) is 2.67. The smallest absolute Gasteiger partial charge is 0.255 e. The lowest BCUT2D eigenvalue weighted by molar-refractivity contribution is -0.122. The van der Waals surface area contributed by atoms with E-state index in [1.165, 1.54) is 4.90 Å². The maximum Gasteiger partial charge on any atom is 0.255 e. The fourth-order valence-electron chi connectivity index (χ4n) is 4.50. The van der Waals surface area contributed by atoms with Crippen molar-refractivity contribution in [3.05, 3.63) is 95.0 Å². The number of rotatable bonds is 5. The number of nitrogens with zero attached hydrogens (tertiary/aromatic N) is 1. The molecule has 176 valence electrons. The van der Waals surface area contributed by atoms with Crippen LogP contribution in [0.2, 0.25) is 5.02 Å². The van der Waals surface area contributed by atoms with E-state index < -0.39 is 0 Å². The highest BCUT2D eigenvalue weighted by Crippen LogP contribution is 2.39. The second kappa shape index (κ2) is 9.39. The van der Waals surface area contributed by atoms with Crippen LogP contribution in [0.25, 0.3) is 0 Å². The van der Waals surface area contributed by atoms with Gasteiger partial charge in [-0.1, -0.05) is 23.3 Å². The minimum Gasteiger partial charge on any atom is -0.457 e. The maximum atomic E-state index is 12.9. The van der Waals surface area contributed by atoms with E-state index in [1.807, 2.05) is 13.0 Å². The van der Waals surface area contributed by atoms with Crippen LogP contribution < -0.4 is 15.0 Å². The van der Waals surface area contributed by atoms with E-state index in [2.05, 4.69) is 5.32 Å². The average molecular weight is 487 g/mol. The highest BCUT2D eigenvalue weighted by Gasteiger charge is 2.48. The third kappa shape index (κ3) is 4.70. The number of halogens is 1. The van der Waals surface area contributed by atoms with Gasteiger partial charge in [0.15, 0.2) is 0 Å². The molecule has 0 radical (unpaired) electrons. The molecule has 0 aromatic heterocycles. The van der Waals surface area contributed by atoms with Crippen molar-refractivity contribution in [3.63, 3.8) is 0 Å². The van der Waals surface area contributed by atoms with Gasteiger partial charge in [0.2, 0.25) is 11.8 Å². The van der Waals surface area contributed by atoms with Gasteiger partial charge in [0.05, 0.1) is 17.5 Å². The largest absolute Gasteiger partial charge is 0.457 e. The number of benzene rings is 3. The standard InChI is InChI=1S/C28H23ClN2O4/c1-17-2-15-24-25(16-17)28(34)31(27(24)33)21-9-3-18(4-10-21)26(32)30-20-7-13-23(14-8-20)35-22-11-5-19(29)6-12-22/h2-14,24-25H,15-16H2,1H3,(H,30,32)/t24-,25-/m1/s1. The molecule has 5 rings (SSSR count). The topological polar surface area (TPSA) is 75.7 Å². The molecule has 0 bridgehead atoms. The second-order valence-electron chi connectivity index (χ2n) is 8.80. The van der Waals surface area contributed by atoms with Crippen LogP contribution in [0.1, 0.15) is 30.1 Å². The fourth-order valence-corrected chi connectivity index (χ4v) is 4.63. The number of imide groups is 1. The first-order chi connectivity index (χ1) is 16.9. The number of hydrogen-bond acceptors (Lipinski definition) is 4. The van der Waals surface area contributed by atoms with Gasteiger partial charge < -0.3 is 10.1 Å². The van der Waals surface area contributed by atoms with Gasteiger partial charge in [0.25, 0.3) is 5.91 Å². The predicted molar refractivity (Wildman–Crippen MR) is 135 cm³/mol. The van der Waals surface area contributed by atoms with Gasteiger partial charge >= 0.3 is 0 Å². The molecule has 2 aliphatic rings. The summed E-state index contributed by atoms with van der Waals surface area (Å²) in [4.78, 5) is 39.7. The molecule has 35 heavy (non-hydrogen) atoms. The molecule has 1 N–H and O–H groups in total. The lowest BCUT2D eigenvalue weighted by Crippen LogP contribution is -2.30. The molecule has 3 amide bonds. The number of hydrogen-bond donors (Lipinski definition) is 1. The summed E-state index contributed by atoms with van der Waals surface area (Å²) in [5, 5.41) is 3.47. The summed E-state index contributed by atoms with van der Waals surface area (Å²) in [6.45, 7) is 1.99. The molecule has 7 heteroatoms. The Labute approximate surface area is 208 Å². The van der Waals surface area contributed by atoms with Crippen molar-refractivity contribution in [2.75, 3.05) is 10.2 Å². The van der Waals surface area contributed by atoms with E-state index in [9.17, 15) is 14.4 Å². The molecule has 1 aliphatic carbocycles. The normalized spacial score (nSPS) is 19.3. The van der Waals surface area contributed by atoms with Gasteiger partial charge in [-0.3, -0.25) is 19.3 Å². The number of nitrogens with one attached hydrogen (secondary N) is 1. The van der Waals surface area contributed by atoms with E-state index >= 15 is 0 Å². The van der Waals surface area contributed by atoms with E-state index in [4.69, 9.17) is 16.3 Å². The van der Waals surface area contributed by atoms with E-state index in [0.29, 0.717) is 46.3 Å². The van der Waals surface area contributed by atoms with Crippen LogP contribution in [0.5, 0.6) is 11.5 Å². The first-order valence-electron chi connectivity index (χ1n) is 11.4. The summed E-state index contributed by atoms with van der Waals surface area (Å²) >= 11 is 5.89. The number of amides is 3. The summed E-state index contributed by atoms with van der Waals surface area (Å²) in [6, 6.07) is 20.6. The maximum absolute atomic E-state index is 12.9. The monoisotopic (exact) mass is 486 g/mol. The fraction of sp³-hybridized carbons (Fsp3) is 0.179. The SMILES string of the molecule is CC1=CC[C@H]2C(=O)N(c3ccc(C(=O)Nc4ccc(Oc5ccc(Cl)cc5)cc4)cc3)C(=O)[C@@H]2C1. The van der Waals surface area contributed by atoms with Crippen LogP contribution in [0, 0.1) is 11.8 Å². The zero-order valence-corrected chi connectivity index (χ0v) is 19.8. The van der Waals surface area contributed by atoms with Gasteiger partial charge in [-0.15, -0.1) is 0 Å². The molecular formula is C28H23ClN2O4. The first kappa shape index (κ1) is 22.9. The Hall–Kier alpha value is -3.90. The molecule has 2 atom stereocenters. The molecule has 3 aromatic rings. The molecular weight excluding hydrogens is 464 g/mol. The van der Waals surface area contributed by atoms with E-state index in [1.54, 1.807) is 72.8 Å². The highest BCUT2D eigenvalue weighted by molar-refractivity contribution is 6.30. The number of fused-ring (bicyclic) bond motifs is 1. The zero-order valence-electron chi connectivity index (χ0n) is 19.0. The van der Waals surface area contributed by atoms with E-state index in [-0.39, 0.29) is 29.6 Å². The molecule has 1 heterocycles. The van der Waals surface area contributed by atoms with Crippen LogP contribution in [-0.4, -0.2) is 17.7 Å². The van der Waals surface area contributed by atoms with Gasteiger partial charge in [-0.2, -0.15) is 0 Å². The van der Waals surface area contributed by atoms with Crippen molar-refractivity contribution in [3.8, 4) is 11.5 Å². The first-order valence-corrected chi connectivity index (χ1v) is 11.8. The summed E-state index contributed by atoms with van der Waals surface area (Å²) < 4.78 is 5.76. The van der Waals surface area contributed by atoms with Gasteiger partial charge in [-0.05, 0) is 92.6 Å². The van der Waals surface area contributed by atoms with E-state index in [0.717, 1.165) is 5.57 Å². The summed E-state index contributed by atoms with van der Waals surface area (Å²) in [6.07, 6.45) is 3.26. The minimum absolute atomic E-state index is 0.162. The second-order valence-corrected chi connectivity index (χ2v) is 9.23. The summed E-state index contributed by atoms with van der Waals surface area (Å²) in [7, 11) is 0. The number of carbonyl (C=O) groups is 3. The summed E-state index contributed by atoms with van der Waals surface area (Å²) in [5.74, 6) is 0.0818. The van der Waals surface area contributed by atoms with Crippen LogP contribution >= 0.6 is 11.6 Å². The Morgan fingerprint density at radius 1 is 0.886 bits per heavy atom. The lowest BCUT2D eigenvalue weighted by atomic mass is 9.82. The predicted octanol–water partition coefficient (Wildman–Crippen LogP) is 6.23. The van der Waals surface area contributed by atoms with Crippen molar-refractivity contribution in [1.29, 1.82) is 0 Å². The third-order valence-electron chi connectivity index (χ3n) is 6.37. The van der Waals surface area contributed by atoms with Crippen molar-refractivity contribution in [2.45, 2.75) is 19.8 Å². The number of ether oxygens (including phenoxy) is 1. The highest BCUT2D eigenvalue weighted by atomic mass is 35.5. The van der Waals surface area contributed by atoms with Crippen LogP contribution in [0.4, 0.5) is 11.4 Å². The molecule has 1 aliphatic heterocycles.